The number of benzene rings is 2. The molecule has 2 aliphatic heterocycles. The van der Waals surface area contributed by atoms with Gasteiger partial charge in [-0.2, -0.15) is 0 Å². The summed E-state index contributed by atoms with van der Waals surface area (Å²) in [6, 6.07) is 15.7. The molecule has 0 aliphatic carbocycles. The van der Waals surface area contributed by atoms with Gasteiger partial charge >= 0.3 is 5.97 Å². The van der Waals surface area contributed by atoms with E-state index in [2.05, 4.69) is 10.3 Å². The maximum atomic E-state index is 13.4. The minimum atomic E-state index is -0.745. The van der Waals surface area contributed by atoms with Crippen LogP contribution in [0.4, 0.5) is 0 Å². The van der Waals surface area contributed by atoms with E-state index in [1.165, 1.54) is 28.0 Å². The fourth-order valence-electron chi connectivity index (χ4n) is 4.27. The topological polar surface area (TPSA) is 97.8 Å². The van der Waals surface area contributed by atoms with Crippen molar-refractivity contribution < 1.29 is 23.9 Å². The van der Waals surface area contributed by atoms with Gasteiger partial charge in [0.25, 0.3) is 5.91 Å². The largest absolute Gasteiger partial charge is 0.497 e. The van der Waals surface area contributed by atoms with Crippen LogP contribution in [0.1, 0.15) is 16.0 Å². The summed E-state index contributed by atoms with van der Waals surface area (Å²) < 4.78 is 11.1. The zero-order chi connectivity index (χ0) is 28.2. The van der Waals surface area contributed by atoms with Gasteiger partial charge in [-0.1, -0.05) is 71.7 Å². The van der Waals surface area contributed by atoms with Crippen molar-refractivity contribution in [1.82, 2.24) is 15.2 Å². The van der Waals surface area contributed by atoms with Gasteiger partial charge in [0.05, 0.1) is 18.4 Å². The number of carbonyl (C=O) groups is 3. The zero-order valence-corrected chi connectivity index (χ0v) is 24.3. The van der Waals surface area contributed by atoms with Gasteiger partial charge in [0.1, 0.15) is 34.6 Å². The second kappa shape index (κ2) is 12.5. The lowest BCUT2D eigenvalue weighted by Crippen LogP contribution is -2.70. The molecule has 1 fully saturated rings. The summed E-state index contributed by atoms with van der Waals surface area (Å²) in [7, 11) is 1.57. The van der Waals surface area contributed by atoms with Crippen LogP contribution in [0.2, 0.25) is 9.62 Å². The zero-order valence-electron chi connectivity index (χ0n) is 21.1. The number of nitrogens with one attached hydrogen (secondary N) is 1. The van der Waals surface area contributed by atoms with Crippen molar-refractivity contribution in [1.29, 1.82) is 0 Å². The molecule has 1 N–H and O–H groups in total. The lowest BCUT2D eigenvalue weighted by Gasteiger charge is -2.49. The maximum Gasteiger partial charge on any atom is 0.355 e. The molecule has 0 saturated carbocycles. The fourth-order valence-corrected chi connectivity index (χ4v) is 6.87. The molecule has 2 aliphatic rings. The number of halogens is 2. The molecule has 8 nitrogen and oxygen atoms in total. The highest BCUT2D eigenvalue weighted by molar-refractivity contribution is 8.00. The van der Waals surface area contributed by atoms with Gasteiger partial charge in [-0.15, -0.1) is 23.1 Å². The van der Waals surface area contributed by atoms with Crippen LogP contribution in [0.25, 0.3) is 6.08 Å². The number of ether oxygens (including phenoxy) is 2. The van der Waals surface area contributed by atoms with Gasteiger partial charge in [0, 0.05) is 5.75 Å². The number of β-lactam (4-membered cyclic amide) rings is 1. The van der Waals surface area contributed by atoms with Crippen molar-refractivity contribution in [2.24, 2.45) is 0 Å². The predicted octanol–water partition coefficient (Wildman–Crippen LogP) is 5.11. The standard InChI is InChI=1S/C28H23Cl2N3O5S2/c1-37-19-10-7-17(8-11-19)14-38-27(36)23-18(9-12-20-24(29)32-28(30)40-20)15-39-26-22(25(35)33(23)26)31-21(34)13-16-5-3-2-4-6-16/h2-12,22,26H,13-15H2,1H3,(H,31,34)/b12-9+/t22?,26-/m1/s1. The minimum absolute atomic E-state index is 0.0106. The number of thioether (sulfide) groups is 1. The molecule has 0 radical (unpaired) electrons. The fraction of sp³-hybridized carbons (Fsp3) is 0.214. The molecule has 1 saturated heterocycles. The van der Waals surface area contributed by atoms with Crippen LogP contribution in [-0.2, 0) is 32.1 Å². The first-order chi connectivity index (χ1) is 19.3. The summed E-state index contributed by atoms with van der Waals surface area (Å²) in [5.41, 5.74) is 2.33. The second-order valence-electron chi connectivity index (χ2n) is 8.87. The third-order valence-electron chi connectivity index (χ3n) is 6.26. The predicted molar refractivity (Wildman–Crippen MR) is 156 cm³/mol. The summed E-state index contributed by atoms with van der Waals surface area (Å²) in [4.78, 5) is 45.4. The molecule has 1 unspecified atom stereocenters. The van der Waals surface area contributed by atoms with E-state index in [-0.39, 0.29) is 35.7 Å². The maximum absolute atomic E-state index is 13.4. The van der Waals surface area contributed by atoms with Gasteiger partial charge in [0.15, 0.2) is 4.47 Å². The molecule has 5 rings (SSSR count). The Hall–Kier alpha value is -3.31. The minimum Gasteiger partial charge on any atom is -0.497 e. The molecule has 40 heavy (non-hydrogen) atoms. The normalized spacial score (nSPS) is 18.4. The summed E-state index contributed by atoms with van der Waals surface area (Å²) >= 11 is 14.8. The number of amides is 2. The number of rotatable bonds is 9. The molecule has 206 valence electrons. The van der Waals surface area contributed by atoms with Gasteiger partial charge in [0.2, 0.25) is 5.91 Å². The van der Waals surface area contributed by atoms with Crippen molar-refractivity contribution in [3.05, 3.63) is 97.6 Å². The number of methoxy groups -OCH3 is 1. The van der Waals surface area contributed by atoms with E-state index in [4.69, 9.17) is 32.7 Å². The average molecular weight is 617 g/mol. The molecule has 1 aromatic heterocycles. The summed E-state index contributed by atoms with van der Waals surface area (Å²) in [6.07, 6.45) is 3.58. The Morgan fingerprint density at radius 1 is 1.10 bits per heavy atom. The Morgan fingerprint density at radius 2 is 1.85 bits per heavy atom. The summed E-state index contributed by atoms with van der Waals surface area (Å²) in [5.74, 6) is -0.186. The van der Waals surface area contributed by atoms with Crippen molar-refractivity contribution in [2.45, 2.75) is 24.4 Å². The Labute approximate surface area is 249 Å². The van der Waals surface area contributed by atoms with Crippen molar-refractivity contribution in [3.63, 3.8) is 0 Å². The smallest absolute Gasteiger partial charge is 0.355 e. The van der Waals surface area contributed by atoms with E-state index < -0.39 is 17.4 Å². The lowest BCUT2D eigenvalue weighted by molar-refractivity contribution is -0.153. The van der Waals surface area contributed by atoms with Crippen LogP contribution in [0.3, 0.4) is 0 Å². The number of thiazole rings is 1. The van der Waals surface area contributed by atoms with E-state index in [1.54, 1.807) is 43.5 Å². The van der Waals surface area contributed by atoms with E-state index in [1.807, 2.05) is 30.3 Å². The molecule has 3 aromatic rings. The van der Waals surface area contributed by atoms with Crippen molar-refractivity contribution in [2.75, 3.05) is 12.9 Å². The van der Waals surface area contributed by atoms with E-state index >= 15 is 0 Å². The highest BCUT2D eigenvalue weighted by Gasteiger charge is 2.54. The Bertz CT molecular complexity index is 1490. The number of nitrogens with zero attached hydrogens (tertiary/aromatic N) is 2. The molecule has 0 bridgehead atoms. The molecule has 3 heterocycles. The molecule has 0 spiro atoms. The first-order valence-electron chi connectivity index (χ1n) is 12.1. The van der Waals surface area contributed by atoms with Crippen molar-refractivity contribution >= 4 is 70.2 Å². The van der Waals surface area contributed by atoms with E-state index in [0.717, 1.165) is 11.1 Å². The van der Waals surface area contributed by atoms with Crippen molar-refractivity contribution in [3.8, 4) is 5.75 Å². The quantitative estimate of drug-likeness (QED) is 0.264. The summed E-state index contributed by atoms with van der Waals surface area (Å²) in [5, 5.41) is 2.64. The van der Waals surface area contributed by atoms with Gasteiger partial charge in [-0.05, 0) is 34.9 Å². The average Bonchev–Trinajstić information content (AvgIpc) is 3.29. The number of esters is 1. The number of fused-ring (bicyclic) bond motifs is 1. The third-order valence-corrected chi connectivity index (χ3v) is 9.09. The number of hydrogen-bond donors (Lipinski definition) is 1. The van der Waals surface area contributed by atoms with Crippen LogP contribution in [0.5, 0.6) is 5.75 Å². The van der Waals surface area contributed by atoms with Crippen LogP contribution in [0.15, 0.2) is 71.9 Å². The molecule has 12 heteroatoms. The second-order valence-corrected chi connectivity index (χ2v) is 11.9. The first kappa shape index (κ1) is 28.2. The number of aromatic nitrogens is 1. The van der Waals surface area contributed by atoms with Crippen LogP contribution < -0.4 is 10.1 Å². The van der Waals surface area contributed by atoms with E-state index in [9.17, 15) is 14.4 Å². The first-order valence-corrected chi connectivity index (χ1v) is 14.8. The van der Waals surface area contributed by atoms with Crippen LogP contribution in [-0.4, -0.2) is 51.9 Å². The van der Waals surface area contributed by atoms with Crippen LogP contribution in [0, 0.1) is 0 Å². The molecule has 2 atom stereocenters. The Kier molecular flexibility index (Phi) is 8.80. The highest BCUT2D eigenvalue weighted by atomic mass is 35.5. The van der Waals surface area contributed by atoms with Gasteiger partial charge in [-0.3, -0.25) is 14.5 Å². The molecule has 2 amide bonds. The van der Waals surface area contributed by atoms with Gasteiger partial charge in [-0.25, -0.2) is 9.78 Å². The monoisotopic (exact) mass is 615 g/mol. The molecular formula is C28H23Cl2N3O5S2. The third kappa shape index (κ3) is 6.20. The number of hydrogen-bond acceptors (Lipinski definition) is 8. The number of allylic oxidation sites excluding steroid dienone is 1. The Morgan fingerprint density at radius 3 is 2.52 bits per heavy atom. The van der Waals surface area contributed by atoms with Gasteiger partial charge < -0.3 is 14.8 Å². The highest BCUT2D eigenvalue weighted by Crippen LogP contribution is 2.41. The SMILES string of the molecule is COc1ccc(COC(=O)C2=C(/C=C/c3sc(Cl)nc3Cl)CS[C@@H]3C(NC(=O)Cc4ccccc4)C(=O)N23)cc1. The molecule has 2 aromatic carbocycles. The summed E-state index contributed by atoms with van der Waals surface area (Å²) in [6.45, 7) is 0.0106. The number of carbonyl (C=O) groups excluding carboxylic acids is 3. The van der Waals surface area contributed by atoms with E-state index in [0.29, 0.717) is 26.4 Å². The Balaban J connectivity index is 1.35. The lowest BCUT2D eigenvalue weighted by atomic mass is 10.0. The molecular weight excluding hydrogens is 593 g/mol. The van der Waals surface area contributed by atoms with Crippen LogP contribution >= 0.6 is 46.3 Å².